The first-order valence-electron chi connectivity index (χ1n) is 8.48. The summed E-state index contributed by atoms with van der Waals surface area (Å²) < 4.78 is 0. The second-order valence-corrected chi connectivity index (χ2v) is 6.41. The van der Waals surface area contributed by atoms with Crippen LogP contribution in [0.5, 0.6) is 23.0 Å². The molecule has 1 fully saturated rings. The molecule has 4 N–H and O–H groups in total. The molecule has 142 valence electrons. The fraction of sp³-hybridized carbons (Fsp3) is 0.263. The molecule has 1 aliphatic heterocycles. The molecule has 0 radical (unpaired) electrons. The minimum atomic E-state index is -0.342. The molecule has 0 aromatic heterocycles. The Morgan fingerprint density at radius 1 is 0.593 bits per heavy atom. The van der Waals surface area contributed by atoms with E-state index in [4.69, 9.17) is 0 Å². The molecule has 1 heterocycles. The van der Waals surface area contributed by atoms with E-state index in [1.165, 1.54) is 24.3 Å². The Morgan fingerprint density at radius 2 is 0.926 bits per heavy atom. The van der Waals surface area contributed by atoms with Gasteiger partial charge in [-0.2, -0.15) is 0 Å². The van der Waals surface area contributed by atoms with E-state index in [0.717, 1.165) is 12.1 Å². The van der Waals surface area contributed by atoms with Crippen molar-refractivity contribution in [3.63, 3.8) is 0 Å². The zero-order valence-corrected chi connectivity index (χ0v) is 14.5. The Kier molecular flexibility index (Phi) is 5.07. The van der Waals surface area contributed by atoms with Gasteiger partial charge < -0.3 is 30.2 Å². The zero-order chi connectivity index (χ0) is 19.6. The molecule has 1 aliphatic rings. The number of hydrogen-bond donors (Lipinski definition) is 4. The first kappa shape index (κ1) is 18.4. The summed E-state index contributed by atoms with van der Waals surface area (Å²) in [7, 11) is 0. The predicted molar refractivity (Wildman–Crippen MR) is 96.0 cm³/mol. The molecular weight excluding hydrogens is 352 g/mol. The van der Waals surface area contributed by atoms with Crippen LogP contribution >= 0.6 is 0 Å². The van der Waals surface area contributed by atoms with Gasteiger partial charge in [-0.05, 0) is 30.7 Å². The van der Waals surface area contributed by atoms with E-state index in [-0.39, 0.29) is 59.0 Å². The molecule has 0 unspecified atom stereocenters. The SMILES string of the molecule is O=C(c1cc(O)cc(O)c1)N1CCCN(C(=O)c2cc(O)cc(O)c2)CC1. The summed E-state index contributed by atoms with van der Waals surface area (Å²) in [4.78, 5) is 28.4. The van der Waals surface area contributed by atoms with E-state index in [1.54, 1.807) is 9.80 Å². The van der Waals surface area contributed by atoms with E-state index in [9.17, 15) is 30.0 Å². The van der Waals surface area contributed by atoms with Gasteiger partial charge in [0.05, 0.1) is 0 Å². The second kappa shape index (κ2) is 7.45. The highest BCUT2D eigenvalue weighted by molar-refractivity contribution is 5.96. The van der Waals surface area contributed by atoms with Crippen molar-refractivity contribution in [3.05, 3.63) is 47.5 Å². The van der Waals surface area contributed by atoms with E-state index < -0.39 is 0 Å². The third-order valence-electron chi connectivity index (χ3n) is 4.37. The van der Waals surface area contributed by atoms with Crippen LogP contribution in [-0.2, 0) is 0 Å². The normalized spacial score (nSPS) is 14.7. The molecular formula is C19H20N2O6. The van der Waals surface area contributed by atoms with E-state index in [0.29, 0.717) is 19.5 Å². The summed E-state index contributed by atoms with van der Waals surface area (Å²) >= 11 is 0. The Balaban J connectivity index is 1.71. The maximum atomic E-state index is 12.6. The van der Waals surface area contributed by atoms with Crippen LogP contribution in [0.2, 0.25) is 0 Å². The molecule has 2 amide bonds. The van der Waals surface area contributed by atoms with Gasteiger partial charge in [-0.3, -0.25) is 9.59 Å². The molecule has 2 aromatic carbocycles. The number of aromatic hydroxyl groups is 4. The van der Waals surface area contributed by atoms with E-state index >= 15 is 0 Å². The summed E-state index contributed by atoms with van der Waals surface area (Å²) in [5, 5.41) is 38.2. The molecule has 1 saturated heterocycles. The summed E-state index contributed by atoms with van der Waals surface area (Å²) in [6.45, 7) is 1.41. The number of benzene rings is 2. The molecule has 0 atom stereocenters. The Bertz CT molecular complexity index is 770. The average molecular weight is 372 g/mol. The van der Waals surface area contributed by atoms with E-state index in [2.05, 4.69) is 0 Å². The third kappa shape index (κ3) is 4.22. The van der Waals surface area contributed by atoms with Crippen LogP contribution in [0.4, 0.5) is 0 Å². The van der Waals surface area contributed by atoms with Gasteiger partial charge in [-0.25, -0.2) is 0 Å². The zero-order valence-electron chi connectivity index (χ0n) is 14.5. The fourth-order valence-corrected chi connectivity index (χ4v) is 3.13. The first-order valence-corrected chi connectivity index (χ1v) is 8.48. The molecule has 8 nitrogen and oxygen atoms in total. The second-order valence-electron chi connectivity index (χ2n) is 6.41. The largest absolute Gasteiger partial charge is 0.508 e. The van der Waals surface area contributed by atoms with Crippen LogP contribution in [0.1, 0.15) is 27.1 Å². The van der Waals surface area contributed by atoms with Crippen LogP contribution in [0, 0.1) is 0 Å². The summed E-state index contributed by atoms with van der Waals surface area (Å²) in [5.41, 5.74) is 0.343. The van der Waals surface area contributed by atoms with Gasteiger partial charge in [0.2, 0.25) is 0 Å². The van der Waals surface area contributed by atoms with Crippen molar-refractivity contribution in [2.45, 2.75) is 6.42 Å². The Morgan fingerprint density at radius 3 is 1.26 bits per heavy atom. The summed E-state index contributed by atoms with van der Waals surface area (Å²) in [6.07, 6.45) is 0.549. The van der Waals surface area contributed by atoms with Gasteiger partial charge in [-0.15, -0.1) is 0 Å². The monoisotopic (exact) mass is 372 g/mol. The number of amides is 2. The van der Waals surface area contributed by atoms with Crippen molar-refractivity contribution in [1.29, 1.82) is 0 Å². The number of carbonyl (C=O) groups is 2. The number of phenols is 4. The molecule has 0 saturated carbocycles. The lowest BCUT2D eigenvalue weighted by Crippen LogP contribution is -2.37. The van der Waals surface area contributed by atoms with Gasteiger partial charge in [0, 0.05) is 49.4 Å². The highest BCUT2D eigenvalue weighted by Crippen LogP contribution is 2.23. The summed E-state index contributed by atoms with van der Waals surface area (Å²) in [6, 6.07) is 7.42. The van der Waals surface area contributed by atoms with Crippen LogP contribution in [0.15, 0.2) is 36.4 Å². The van der Waals surface area contributed by atoms with Crippen molar-refractivity contribution in [2.24, 2.45) is 0 Å². The maximum absolute atomic E-state index is 12.6. The lowest BCUT2D eigenvalue weighted by molar-refractivity contribution is 0.0718. The predicted octanol–water partition coefficient (Wildman–Crippen LogP) is 1.50. The van der Waals surface area contributed by atoms with Crippen molar-refractivity contribution >= 4 is 11.8 Å². The van der Waals surface area contributed by atoms with Gasteiger partial charge in [0.25, 0.3) is 11.8 Å². The maximum Gasteiger partial charge on any atom is 0.254 e. The number of hydrogen-bond acceptors (Lipinski definition) is 6. The molecule has 0 spiro atoms. The molecule has 0 bridgehead atoms. The van der Waals surface area contributed by atoms with Crippen molar-refractivity contribution in [1.82, 2.24) is 9.80 Å². The number of carbonyl (C=O) groups excluding carboxylic acids is 2. The molecule has 3 rings (SSSR count). The number of rotatable bonds is 2. The molecule has 8 heteroatoms. The Labute approximate surface area is 155 Å². The van der Waals surface area contributed by atoms with Crippen LogP contribution in [0.3, 0.4) is 0 Å². The minimum Gasteiger partial charge on any atom is -0.508 e. The molecule has 2 aromatic rings. The van der Waals surface area contributed by atoms with Crippen molar-refractivity contribution < 1.29 is 30.0 Å². The number of phenolic OH excluding ortho intramolecular Hbond substituents is 4. The quantitative estimate of drug-likeness (QED) is 0.634. The van der Waals surface area contributed by atoms with Gasteiger partial charge >= 0.3 is 0 Å². The van der Waals surface area contributed by atoms with Gasteiger partial charge in [0.15, 0.2) is 0 Å². The standard InChI is InChI=1S/C19H20N2O6/c22-14-6-12(7-15(23)10-14)18(26)20-2-1-3-21(5-4-20)19(27)13-8-16(24)11-17(25)9-13/h6-11,22-25H,1-5H2. The van der Waals surface area contributed by atoms with Crippen molar-refractivity contribution in [2.75, 3.05) is 26.2 Å². The third-order valence-corrected chi connectivity index (χ3v) is 4.37. The lowest BCUT2D eigenvalue weighted by Gasteiger charge is -2.22. The van der Waals surface area contributed by atoms with E-state index in [1.807, 2.05) is 0 Å². The van der Waals surface area contributed by atoms with Crippen LogP contribution in [0.25, 0.3) is 0 Å². The fourth-order valence-electron chi connectivity index (χ4n) is 3.13. The van der Waals surface area contributed by atoms with Crippen LogP contribution in [-0.4, -0.2) is 68.2 Å². The highest BCUT2D eigenvalue weighted by Gasteiger charge is 2.24. The molecule has 0 aliphatic carbocycles. The highest BCUT2D eigenvalue weighted by atomic mass is 16.3. The lowest BCUT2D eigenvalue weighted by atomic mass is 10.1. The number of nitrogens with zero attached hydrogens (tertiary/aromatic N) is 2. The summed E-state index contributed by atoms with van der Waals surface area (Å²) in [5.74, 6) is -1.49. The average Bonchev–Trinajstić information content (AvgIpc) is 2.85. The van der Waals surface area contributed by atoms with Crippen LogP contribution < -0.4 is 0 Å². The van der Waals surface area contributed by atoms with Gasteiger partial charge in [0.1, 0.15) is 23.0 Å². The first-order chi connectivity index (χ1) is 12.8. The van der Waals surface area contributed by atoms with Gasteiger partial charge in [-0.1, -0.05) is 0 Å². The molecule has 27 heavy (non-hydrogen) atoms. The smallest absolute Gasteiger partial charge is 0.254 e. The van der Waals surface area contributed by atoms with Crippen molar-refractivity contribution in [3.8, 4) is 23.0 Å². The Hall–Kier alpha value is -3.42. The topological polar surface area (TPSA) is 122 Å². The minimum absolute atomic E-state index is 0.171.